The maximum atomic E-state index is 12.3. The Labute approximate surface area is 117 Å². The van der Waals surface area contributed by atoms with E-state index in [1.54, 1.807) is 6.20 Å². The van der Waals surface area contributed by atoms with Crippen molar-refractivity contribution in [2.24, 2.45) is 0 Å². The van der Waals surface area contributed by atoms with Gasteiger partial charge in [0.25, 0.3) is 0 Å². The first kappa shape index (κ1) is 15.3. The van der Waals surface area contributed by atoms with Crippen LogP contribution in [0.1, 0.15) is 31.4 Å². The lowest BCUT2D eigenvalue weighted by Gasteiger charge is -2.34. The van der Waals surface area contributed by atoms with Gasteiger partial charge < -0.3 is 5.32 Å². The van der Waals surface area contributed by atoms with E-state index < -0.39 is 12.7 Å². The molecule has 3 nitrogen and oxygen atoms in total. The summed E-state index contributed by atoms with van der Waals surface area (Å²) in [4.78, 5) is 5.56. The number of rotatable bonds is 4. The summed E-state index contributed by atoms with van der Waals surface area (Å²) in [5.74, 6) is 0. The first-order chi connectivity index (χ1) is 9.44. The second-order valence-electron chi connectivity index (χ2n) is 5.34. The van der Waals surface area contributed by atoms with Crippen LogP contribution in [0.2, 0.25) is 0 Å². The van der Waals surface area contributed by atoms with Gasteiger partial charge in [-0.25, -0.2) is 0 Å². The monoisotopic (exact) mass is 287 g/mol. The maximum Gasteiger partial charge on any atom is 0.401 e. The van der Waals surface area contributed by atoms with Gasteiger partial charge in [-0.15, -0.1) is 0 Å². The highest BCUT2D eigenvalue weighted by molar-refractivity contribution is 5.13. The van der Waals surface area contributed by atoms with Gasteiger partial charge >= 0.3 is 6.18 Å². The molecule has 0 bridgehead atoms. The van der Waals surface area contributed by atoms with Crippen molar-refractivity contribution in [2.75, 3.05) is 19.6 Å². The lowest BCUT2D eigenvalue weighted by atomic mass is 10.0. The zero-order valence-corrected chi connectivity index (χ0v) is 11.5. The Balaban J connectivity index is 1.77. The third-order valence-electron chi connectivity index (χ3n) is 3.66. The summed E-state index contributed by atoms with van der Waals surface area (Å²) >= 11 is 0. The van der Waals surface area contributed by atoms with E-state index in [4.69, 9.17) is 0 Å². The first-order valence-corrected chi connectivity index (χ1v) is 6.89. The Morgan fingerprint density at radius 2 is 2.10 bits per heavy atom. The topological polar surface area (TPSA) is 28.2 Å². The van der Waals surface area contributed by atoms with Gasteiger partial charge in [-0.1, -0.05) is 6.07 Å². The number of hydrogen-bond donors (Lipinski definition) is 1. The fourth-order valence-corrected chi connectivity index (χ4v) is 2.59. The number of halogens is 3. The lowest BCUT2D eigenvalue weighted by Crippen LogP contribution is -2.46. The maximum absolute atomic E-state index is 12.3. The van der Waals surface area contributed by atoms with Crippen LogP contribution in [0.4, 0.5) is 13.2 Å². The molecule has 1 saturated heterocycles. The normalized spacial score (nSPS) is 20.0. The van der Waals surface area contributed by atoms with E-state index in [-0.39, 0.29) is 12.1 Å². The molecule has 0 radical (unpaired) electrons. The molecule has 1 atom stereocenters. The average molecular weight is 287 g/mol. The van der Waals surface area contributed by atoms with Crippen molar-refractivity contribution in [3.63, 3.8) is 0 Å². The van der Waals surface area contributed by atoms with Gasteiger partial charge in [0.05, 0.1) is 6.54 Å². The van der Waals surface area contributed by atoms with Crippen molar-refractivity contribution in [3.05, 3.63) is 30.1 Å². The fraction of sp³-hybridized carbons (Fsp3) is 0.643. The van der Waals surface area contributed by atoms with E-state index in [0.717, 1.165) is 18.4 Å². The molecule has 2 rings (SSSR count). The van der Waals surface area contributed by atoms with Crippen LogP contribution in [0.25, 0.3) is 0 Å². The van der Waals surface area contributed by atoms with Gasteiger partial charge in [0, 0.05) is 24.5 Å². The third kappa shape index (κ3) is 4.76. The third-order valence-corrected chi connectivity index (χ3v) is 3.66. The Morgan fingerprint density at radius 1 is 1.40 bits per heavy atom. The van der Waals surface area contributed by atoms with Gasteiger partial charge in [0.15, 0.2) is 0 Å². The molecule has 0 saturated carbocycles. The van der Waals surface area contributed by atoms with E-state index >= 15 is 0 Å². The molecule has 1 unspecified atom stereocenters. The van der Waals surface area contributed by atoms with Crippen LogP contribution < -0.4 is 5.32 Å². The lowest BCUT2D eigenvalue weighted by molar-refractivity contribution is -0.148. The fourth-order valence-electron chi connectivity index (χ4n) is 2.59. The van der Waals surface area contributed by atoms with Gasteiger partial charge in [-0.05, 0) is 44.5 Å². The average Bonchev–Trinajstić information content (AvgIpc) is 2.40. The molecule has 6 heteroatoms. The van der Waals surface area contributed by atoms with Gasteiger partial charge in [0.2, 0.25) is 0 Å². The van der Waals surface area contributed by atoms with Crippen LogP contribution in [-0.4, -0.2) is 41.7 Å². The predicted molar refractivity (Wildman–Crippen MR) is 71.3 cm³/mol. The zero-order valence-electron chi connectivity index (χ0n) is 11.5. The number of nitrogens with zero attached hydrogens (tertiary/aromatic N) is 2. The van der Waals surface area contributed by atoms with Crippen LogP contribution in [0.15, 0.2) is 24.5 Å². The largest absolute Gasteiger partial charge is 0.401 e. The molecule has 1 aliphatic heterocycles. The Morgan fingerprint density at radius 3 is 2.65 bits per heavy atom. The molecular formula is C14H20F3N3. The SMILES string of the molecule is CC(NC1CCN(CC(F)(F)F)CC1)c1cccnc1. The Hall–Kier alpha value is -1.14. The number of nitrogens with one attached hydrogen (secondary N) is 1. The summed E-state index contributed by atoms with van der Waals surface area (Å²) in [6.45, 7) is 2.25. The highest BCUT2D eigenvalue weighted by Crippen LogP contribution is 2.21. The van der Waals surface area contributed by atoms with Crippen molar-refractivity contribution in [1.82, 2.24) is 15.2 Å². The molecule has 1 aliphatic rings. The zero-order chi connectivity index (χ0) is 14.6. The van der Waals surface area contributed by atoms with Crippen LogP contribution >= 0.6 is 0 Å². The van der Waals surface area contributed by atoms with E-state index in [2.05, 4.69) is 17.2 Å². The van der Waals surface area contributed by atoms with E-state index in [9.17, 15) is 13.2 Å². The van der Waals surface area contributed by atoms with Gasteiger partial charge in [-0.2, -0.15) is 13.2 Å². The summed E-state index contributed by atoms with van der Waals surface area (Å²) in [5, 5.41) is 3.47. The molecule has 2 heterocycles. The molecule has 1 N–H and O–H groups in total. The Bertz CT molecular complexity index is 400. The minimum atomic E-state index is -4.09. The summed E-state index contributed by atoms with van der Waals surface area (Å²) in [7, 11) is 0. The van der Waals surface area contributed by atoms with Gasteiger partial charge in [-0.3, -0.25) is 9.88 Å². The van der Waals surface area contributed by atoms with Crippen LogP contribution in [-0.2, 0) is 0 Å². The van der Waals surface area contributed by atoms with Crippen LogP contribution in [0, 0.1) is 0 Å². The van der Waals surface area contributed by atoms with E-state index in [0.29, 0.717) is 13.1 Å². The smallest absolute Gasteiger partial charge is 0.307 e. The molecule has 0 aromatic carbocycles. The van der Waals surface area contributed by atoms with Crippen LogP contribution in [0.3, 0.4) is 0 Å². The second-order valence-corrected chi connectivity index (χ2v) is 5.34. The molecule has 0 aliphatic carbocycles. The Kier molecular flexibility index (Phi) is 4.99. The molecule has 0 spiro atoms. The number of aromatic nitrogens is 1. The highest BCUT2D eigenvalue weighted by atomic mass is 19.4. The standard InChI is InChI=1S/C14H20F3N3/c1-11(12-3-2-6-18-9-12)19-13-4-7-20(8-5-13)10-14(15,16)17/h2-3,6,9,11,13,19H,4-5,7-8,10H2,1H3. The van der Waals surface area contributed by atoms with Crippen molar-refractivity contribution in [3.8, 4) is 0 Å². The molecular weight excluding hydrogens is 267 g/mol. The molecule has 0 amide bonds. The van der Waals surface area contributed by atoms with E-state index in [1.165, 1.54) is 4.90 Å². The van der Waals surface area contributed by atoms with Crippen molar-refractivity contribution in [1.29, 1.82) is 0 Å². The minimum Gasteiger partial charge on any atom is -0.307 e. The summed E-state index contributed by atoms with van der Waals surface area (Å²) in [5.41, 5.74) is 1.10. The number of alkyl halides is 3. The number of hydrogen-bond acceptors (Lipinski definition) is 3. The molecule has 112 valence electrons. The molecule has 20 heavy (non-hydrogen) atoms. The molecule has 1 aromatic heterocycles. The number of pyridine rings is 1. The molecule has 1 fully saturated rings. The summed E-state index contributed by atoms with van der Waals surface area (Å²) in [6.07, 6.45) is 0.951. The van der Waals surface area contributed by atoms with Crippen LogP contribution in [0.5, 0.6) is 0 Å². The second kappa shape index (κ2) is 6.54. The number of likely N-dealkylation sites (tertiary alicyclic amines) is 1. The summed E-state index contributed by atoms with van der Waals surface area (Å²) in [6, 6.07) is 4.33. The van der Waals surface area contributed by atoms with Crippen molar-refractivity contribution >= 4 is 0 Å². The number of piperidine rings is 1. The first-order valence-electron chi connectivity index (χ1n) is 6.89. The van der Waals surface area contributed by atoms with Crippen molar-refractivity contribution in [2.45, 2.75) is 38.0 Å². The quantitative estimate of drug-likeness (QED) is 0.923. The highest BCUT2D eigenvalue weighted by Gasteiger charge is 2.32. The summed E-state index contributed by atoms with van der Waals surface area (Å²) < 4.78 is 36.9. The molecule has 1 aromatic rings. The minimum absolute atomic E-state index is 0.169. The van der Waals surface area contributed by atoms with Gasteiger partial charge in [0.1, 0.15) is 0 Å². The van der Waals surface area contributed by atoms with Crippen molar-refractivity contribution < 1.29 is 13.2 Å². The predicted octanol–water partition coefficient (Wildman–Crippen LogP) is 2.76. The van der Waals surface area contributed by atoms with E-state index in [1.807, 2.05) is 18.3 Å².